The van der Waals surface area contributed by atoms with E-state index in [1.165, 1.54) is 6.07 Å². The number of carbonyl (C=O) groups is 1. The van der Waals surface area contributed by atoms with Crippen LogP contribution >= 0.6 is 0 Å². The number of pyridine rings is 1. The molecular weight excluding hydrogens is 407 g/mol. The molecule has 0 aliphatic heterocycles. The highest BCUT2D eigenvalue weighted by Crippen LogP contribution is 2.30. The van der Waals surface area contributed by atoms with Crippen molar-refractivity contribution in [1.29, 1.82) is 0 Å². The summed E-state index contributed by atoms with van der Waals surface area (Å²) < 4.78 is 41.3. The van der Waals surface area contributed by atoms with E-state index < -0.39 is 11.7 Å². The lowest BCUT2D eigenvalue weighted by molar-refractivity contribution is -0.137. The number of imidazole rings is 1. The number of aryl methyl sites for hydroxylation is 2. The van der Waals surface area contributed by atoms with Crippen LogP contribution in [0.4, 0.5) is 23.7 Å². The molecule has 0 atom stereocenters. The first-order chi connectivity index (χ1) is 14.7. The van der Waals surface area contributed by atoms with Crippen LogP contribution in [-0.2, 0) is 19.1 Å². The third-order valence-corrected chi connectivity index (χ3v) is 4.92. The zero-order valence-corrected chi connectivity index (χ0v) is 17.8. The summed E-state index contributed by atoms with van der Waals surface area (Å²) in [7, 11) is 0. The van der Waals surface area contributed by atoms with Gasteiger partial charge in [0.2, 0.25) is 0 Å². The number of aromatic nitrogens is 3. The Morgan fingerprint density at radius 2 is 1.94 bits per heavy atom. The van der Waals surface area contributed by atoms with Crippen molar-refractivity contribution in [2.24, 2.45) is 0 Å². The molecule has 0 aliphatic carbocycles. The van der Waals surface area contributed by atoms with Gasteiger partial charge >= 0.3 is 12.2 Å². The molecule has 3 rings (SSSR count). The molecular formula is C22H26F3N5O. The first-order valence-electron chi connectivity index (χ1n) is 10.3. The fraction of sp³-hybridized carbons (Fsp3) is 0.409. The molecule has 0 saturated carbocycles. The standard InChI is InChI=1S/C22H26F3N5O/c1-4-6-10-19-28-18-12-17(29-21(31)26-5-2)14(3)27-20(18)30(19)13-15-8-7-9-16(11-15)22(23,24)25/h7-9,11-12H,4-6,10,13H2,1-3H3,(H2,26,29,31). The SMILES string of the molecule is CCCCc1nc2cc(NC(=O)NCC)c(C)nc2n1Cc1cccc(C(F)(F)F)c1. The molecule has 0 saturated heterocycles. The van der Waals surface area contributed by atoms with Crippen molar-refractivity contribution in [3.05, 3.63) is 53.0 Å². The van der Waals surface area contributed by atoms with Crippen molar-refractivity contribution in [2.45, 2.75) is 52.8 Å². The van der Waals surface area contributed by atoms with E-state index in [2.05, 4.69) is 27.5 Å². The molecule has 1 aromatic carbocycles. The van der Waals surface area contributed by atoms with Gasteiger partial charge in [0.05, 0.1) is 23.5 Å². The Kier molecular flexibility index (Phi) is 6.82. The molecule has 0 radical (unpaired) electrons. The third kappa shape index (κ3) is 5.34. The van der Waals surface area contributed by atoms with E-state index in [4.69, 9.17) is 0 Å². The highest BCUT2D eigenvalue weighted by atomic mass is 19.4. The molecule has 0 spiro atoms. The normalized spacial score (nSPS) is 11.7. The number of amides is 2. The second-order valence-electron chi connectivity index (χ2n) is 7.36. The minimum absolute atomic E-state index is 0.231. The van der Waals surface area contributed by atoms with Gasteiger partial charge in [0, 0.05) is 13.0 Å². The van der Waals surface area contributed by atoms with Gasteiger partial charge in [-0.25, -0.2) is 14.8 Å². The van der Waals surface area contributed by atoms with Crippen molar-refractivity contribution in [3.63, 3.8) is 0 Å². The highest BCUT2D eigenvalue weighted by molar-refractivity contribution is 5.92. The third-order valence-electron chi connectivity index (χ3n) is 4.92. The smallest absolute Gasteiger partial charge is 0.338 e. The van der Waals surface area contributed by atoms with Gasteiger partial charge in [0.15, 0.2) is 5.65 Å². The summed E-state index contributed by atoms with van der Waals surface area (Å²) in [6.07, 6.45) is -1.85. The molecule has 9 heteroatoms. The maximum absolute atomic E-state index is 13.1. The maximum Gasteiger partial charge on any atom is 0.416 e. The fourth-order valence-corrected chi connectivity index (χ4v) is 3.36. The summed E-state index contributed by atoms with van der Waals surface area (Å²) in [4.78, 5) is 21.2. The molecule has 0 bridgehead atoms. The minimum atomic E-state index is -4.40. The van der Waals surface area contributed by atoms with Gasteiger partial charge in [-0.1, -0.05) is 25.5 Å². The number of hydrogen-bond donors (Lipinski definition) is 2. The van der Waals surface area contributed by atoms with E-state index >= 15 is 0 Å². The monoisotopic (exact) mass is 433 g/mol. The maximum atomic E-state index is 13.1. The first kappa shape index (κ1) is 22.6. The lowest BCUT2D eigenvalue weighted by Gasteiger charge is -2.12. The number of hydrogen-bond acceptors (Lipinski definition) is 3. The number of nitrogens with one attached hydrogen (secondary N) is 2. The molecule has 2 N–H and O–H groups in total. The lowest BCUT2D eigenvalue weighted by atomic mass is 10.1. The van der Waals surface area contributed by atoms with E-state index in [0.717, 1.165) is 30.8 Å². The molecule has 0 unspecified atom stereocenters. The summed E-state index contributed by atoms with van der Waals surface area (Å²) >= 11 is 0. The molecule has 31 heavy (non-hydrogen) atoms. The number of nitrogens with zero attached hydrogens (tertiary/aromatic N) is 3. The van der Waals surface area contributed by atoms with Crippen molar-refractivity contribution in [3.8, 4) is 0 Å². The van der Waals surface area contributed by atoms with E-state index in [1.54, 1.807) is 19.1 Å². The van der Waals surface area contributed by atoms with Crippen LogP contribution in [-0.4, -0.2) is 27.1 Å². The predicted octanol–water partition coefficient (Wildman–Crippen LogP) is 5.29. The quantitative estimate of drug-likeness (QED) is 0.532. The summed E-state index contributed by atoms with van der Waals surface area (Å²) in [6, 6.07) is 6.73. The van der Waals surface area contributed by atoms with Crippen LogP contribution in [0.2, 0.25) is 0 Å². The van der Waals surface area contributed by atoms with E-state index in [-0.39, 0.29) is 12.6 Å². The van der Waals surface area contributed by atoms with Gasteiger partial charge in [-0.05, 0) is 44.0 Å². The Morgan fingerprint density at radius 3 is 2.61 bits per heavy atom. The summed E-state index contributed by atoms with van der Waals surface area (Å²) in [6.45, 7) is 6.39. The van der Waals surface area contributed by atoms with Crippen molar-refractivity contribution in [1.82, 2.24) is 19.9 Å². The molecule has 2 aromatic heterocycles. The van der Waals surface area contributed by atoms with Crippen LogP contribution in [0.5, 0.6) is 0 Å². The molecule has 0 aliphatic rings. The molecule has 166 valence electrons. The van der Waals surface area contributed by atoms with Crippen LogP contribution in [0.1, 0.15) is 49.3 Å². The predicted molar refractivity (Wildman–Crippen MR) is 114 cm³/mol. The summed E-state index contributed by atoms with van der Waals surface area (Å²) in [5.41, 5.74) is 2.17. The number of rotatable bonds is 7. The lowest BCUT2D eigenvalue weighted by Crippen LogP contribution is -2.28. The molecule has 6 nitrogen and oxygen atoms in total. The second kappa shape index (κ2) is 9.36. The van der Waals surface area contributed by atoms with Crippen LogP contribution in [0.25, 0.3) is 11.2 Å². The zero-order chi connectivity index (χ0) is 22.6. The van der Waals surface area contributed by atoms with Crippen LogP contribution in [0, 0.1) is 6.92 Å². The zero-order valence-electron chi connectivity index (χ0n) is 17.8. The van der Waals surface area contributed by atoms with Gasteiger partial charge < -0.3 is 15.2 Å². The number of fused-ring (bicyclic) bond motifs is 1. The van der Waals surface area contributed by atoms with E-state index in [1.807, 2.05) is 11.5 Å². The molecule has 2 amide bonds. The fourth-order valence-electron chi connectivity index (χ4n) is 3.36. The average Bonchev–Trinajstić information content (AvgIpc) is 3.02. The Morgan fingerprint density at radius 1 is 1.16 bits per heavy atom. The van der Waals surface area contributed by atoms with Crippen LogP contribution in [0.3, 0.4) is 0 Å². The Hall–Kier alpha value is -3.10. The topological polar surface area (TPSA) is 71.8 Å². The molecule has 2 heterocycles. The van der Waals surface area contributed by atoms with Gasteiger partial charge in [-0.3, -0.25) is 0 Å². The number of carbonyl (C=O) groups excluding carboxylic acids is 1. The number of unbranched alkanes of at least 4 members (excludes halogenated alkanes) is 1. The molecule has 0 fully saturated rings. The van der Waals surface area contributed by atoms with E-state index in [9.17, 15) is 18.0 Å². The highest BCUT2D eigenvalue weighted by Gasteiger charge is 2.30. The van der Waals surface area contributed by atoms with Gasteiger partial charge in [-0.15, -0.1) is 0 Å². The Bertz CT molecular complexity index is 1070. The van der Waals surface area contributed by atoms with E-state index in [0.29, 0.717) is 41.1 Å². The summed E-state index contributed by atoms with van der Waals surface area (Å²) in [5.74, 6) is 0.760. The number of benzene rings is 1. The largest absolute Gasteiger partial charge is 0.416 e. The Labute approximate surface area is 178 Å². The minimum Gasteiger partial charge on any atom is -0.338 e. The van der Waals surface area contributed by atoms with Crippen molar-refractivity contribution >= 4 is 22.9 Å². The Balaban J connectivity index is 2.02. The number of halogens is 3. The summed E-state index contributed by atoms with van der Waals surface area (Å²) in [5, 5.41) is 5.43. The van der Waals surface area contributed by atoms with Gasteiger partial charge in [0.25, 0.3) is 0 Å². The average molecular weight is 433 g/mol. The molecule has 3 aromatic rings. The van der Waals surface area contributed by atoms with Crippen LogP contribution in [0.15, 0.2) is 30.3 Å². The van der Waals surface area contributed by atoms with Gasteiger partial charge in [-0.2, -0.15) is 13.2 Å². The van der Waals surface area contributed by atoms with Crippen LogP contribution < -0.4 is 10.6 Å². The van der Waals surface area contributed by atoms with Gasteiger partial charge in [0.1, 0.15) is 11.3 Å². The number of anilines is 1. The van der Waals surface area contributed by atoms with Crippen molar-refractivity contribution in [2.75, 3.05) is 11.9 Å². The van der Waals surface area contributed by atoms with Crippen molar-refractivity contribution < 1.29 is 18.0 Å². The second-order valence-corrected chi connectivity index (χ2v) is 7.36. The number of urea groups is 1. The number of alkyl halides is 3. The first-order valence-corrected chi connectivity index (χ1v) is 10.3.